The quantitative estimate of drug-likeness (QED) is 0.717. The van der Waals surface area contributed by atoms with Crippen LogP contribution in [-0.4, -0.2) is 24.7 Å². The summed E-state index contributed by atoms with van der Waals surface area (Å²) in [6, 6.07) is 4.15. The van der Waals surface area contributed by atoms with Crippen LogP contribution in [0.4, 0.5) is 10.1 Å². The molecule has 1 heterocycles. The third-order valence-corrected chi connectivity index (χ3v) is 3.24. The Morgan fingerprint density at radius 2 is 2.15 bits per heavy atom. The summed E-state index contributed by atoms with van der Waals surface area (Å²) in [6.45, 7) is 1.14. The van der Waals surface area contributed by atoms with Crippen LogP contribution in [0.25, 0.3) is 0 Å². The smallest absolute Gasteiger partial charge is 0.264 e. The maximum Gasteiger partial charge on any atom is 0.264 e. The molecule has 1 aliphatic rings. The normalized spacial score (nSPS) is 20.0. The highest BCUT2D eigenvalue weighted by Crippen LogP contribution is 2.23. The number of hydrogen-bond acceptors (Lipinski definition) is 4. The molecule has 0 unspecified atom stereocenters. The summed E-state index contributed by atoms with van der Waals surface area (Å²) < 4.78 is 13.1. The molecule has 1 aromatic carbocycles. The van der Waals surface area contributed by atoms with Gasteiger partial charge in [0.15, 0.2) is 0 Å². The molecule has 5 nitrogen and oxygen atoms in total. The minimum absolute atomic E-state index is 0.0102. The van der Waals surface area contributed by atoms with E-state index in [4.69, 9.17) is 23.1 Å². The van der Waals surface area contributed by atoms with Crippen LogP contribution >= 0.6 is 11.6 Å². The number of nitrogens with one attached hydrogen (secondary N) is 1. The van der Waals surface area contributed by atoms with Crippen molar-refractivity contribution in [1.29, 1.82) is 0 Å². The van der Waals surface area contributed by atoms with Gasteiger partial charge in [0.2, 0.25) is 0 Å². The van der Waals surface area contributed by atoms with Crippen LogP contribution in [0.15, 0.2) is 34.5 Å². The maximum atomic E-state index is 13.1. The van der Waals surface area contributed by atoms with Gasteiger partial charge < -0.3 is 16.8 Å². The highest BCUT2D eigenvalue weighted by Gasteiger charge is 2.18. The Kier molecular flexibility index (Phi) is 4.36. The van der Waals surface area contributed by atoms with Gasteiger partial charge in [-0.15, -0.1) is 0 Å². The molecule has 1 amide bonds. The number of carbonyl (C=O) groups excluding carboxylic acids is 1. The molecule has 1 saturated heterocycles. The summed E-state index contributed by atoms with van der Waals surface area (Å²) in [7, 11) is 0. The lowest BCUT2D eigenvalue weighted by molar-refractivity contribution is -0.114. The number of nitrogens with zero attached hydrogens (tertiary/aromatic N) is 1. The van der Waals surface area contributed by atoms with Gasteiger partial charge in [-0.05, 0) is 31.2 Å². The predicted molar refractivity (Wildman–Crippen MR) is 76.4 cm³/mol. The zero-order chi connectivity index (χ0) is 14.7. The summed E-state index contributed by atoms with van der Waals surface area (Å²) in [6.07, 6.45) is 0.558. The Morgan fingerprint density at radius 1 is 1.40 bits per heavy atom. The van der Waals surface area contributed by atoms with Gasteiger partial charge >= 0.3 is 0 Å². The van der Waals surface area contributed by atoms with Crippen LogP contribution < -0.4 is 16.8 Å². The van der Waals surface area contributed by atoms with Gasteiger partial charge in [0.1, 0.15) is 11.5 Å². The molecule has 0 atom stereocenters. The van der Waals surface area contributed by atoms with Gasteiger partial charge in [0, 0.05) is 12.1 Å². The highest BCUT2D eigenvalue weighted by molar-refractivity contribution is 6.31. The Morgan fingerprint density at radius 3 is 2.80 bits per heavy atom. The molecule has 1 fully saturated rings. The van der Waals surface area contributed by atoms with Gasteiger partial charge in [0.25, 0.3) is 5.91 Å². The van der Waals surface area contributed by atoms with Gasteiger partial charge in [-0.3, -0.25) is 9.79 Å². The van der Waals surface area contributed by atoms with E-state index in [2.05, 4.69) is 10.3 Å². The van der Waals surface area contributed by atoms with Crippen molar-refractivity contribution in [3.05, 3.63) is 40.3 Å². The highest BCUT2D eigenvalue weighted by atomic mass is 35.5. The van der Waals surface area contributed by atoms with Crippen molar-refractivity contribution in [2.24, 2.45) is 16.5 Å². The summed E-state index contributed by atoms with van der Waals surface area (Å²) in [5, 5.41) is 3.12. The molecule has 0 radical (unpaired) electrons. The topological polar surface area (TPSA) is 93.5 Å². The van der Waals surface area contributed by atoms with E-state index in [0.29, 0.717) is 36.5 Å². The van der Waals surface area contributed by atoms with Gasteiger partial charge in [-0.1, -0.05) is 11.6 Å². The average Bonchev–Trinajstić information content (AvgIpc) is 2.42. The third-order valence-electron chi connectivity index (χ3n) is 2.95. The third kappa shape index (κ3) is 3.15. The lowest BCUT2D eigenvalue weighted by atomic mass is 10.0. The van der Waals surface area contributed by atoms with Crippen LogP contribution in [0.1, 0.15) is 6.42 Å². The first-order chi connectivity index (χ1) is 9.49. The molecule has 106 valence electrons. The van der Waals surface area contributed by atoms with Crippen molar-refractivity contribution in [3.63, 3.8) is 0 Å². The van der Waals surface area contributed by atoms with Crippen molar-refractivity contribution >= 4 is 28.9 Å². The number of nitrogens with two attached hydrogens (primary N) is 2. The molecule has 1 aliphatic heterocycles. The van der Waals surface area contributed by atoms with Crippen molar-refractivity contribution in [2.45, 2.75) is 6.42 Å². The summed E-state index contributed by atoms with van der Waals surface area (Å²) >= 11 is 5.71. The van der Waals surface area contributed by atoms with Crippen LogP contribution in [0.3, 0.4) is 0 Å². The predicted octanol–water partition coefficient (Wildman–Crippen LogP) is 1.24. The second kappa shape index (κ2) is 6.02. The number of hydrogen-bond donors (Lipinski definition) is 3. The molecule has 0 saturated carbocycles. The molecule has 20 heavy (non-hydrogen) atoms. The molecule has 1 aromatic rings. The number of carbonyl (C=O) groups is 1. The lowest BCUT2D eigenvalue weighted by Gasteiger charge is -2.19. The largest absolute Gasteiger partial charge is 0.394 e. The van der Waals surface area contributed by atoms with Crippen molar-refractivity contribution in [2.75, 3.05) is 13.1 Å². The Hall–Kier alpha value is -1.92. The minimum atomic E-state index is -0.674. The number of amides is 1. The molecular formula is C13H14ClFN4O. The number of piperidine rings is 1. The van der Waals surface area contributed by atoms with E-state index in [1.54, 1.807) is 0 Å². The van der Waals surface area contributed by atoms with Crippen molar-refractivity contribution in [1.82, 2.24) is 5.32 Å². The number of aliphatic imine (C=N–C) groups is 1. The molecule has 0 spiro atoms. The molecule has 2 rings (SSSR count). The SMILES string of the molecule is NC(=O)/C(N)=C1\CCNCC1=Nc1ccc(F)c(Cl)c1. The first kappa shape index (κ1) is 14.5. The molecule has 0 aromatic heterocycles. The fraction of sp³-hybridized carbons (Fsp3) is 0.231. The Bertz CT molecular complexity index is 612. The zero-order valence-corrected chi connectivity index (χ0v) is 11.4. The standard InChI is InChI=1S/C13H14ClFN4O/c14-9-5-7(1-2-10(9)15)19-11-6-18-4-3-8(11)12(16)13(17)20/h1-2,5,18H,3-4,6,16H2,(H2,17,20)/b12-8-,19-11?. The van der Waals surface area contributed by atoms with Crippen LogP contribution in [0.2, 0.25) is 5.02 Å². The Labute approximate surface area is 120 Å². The number of rotatable bonds is 2. The van der Waals surface area contributed by atoms with E-state index < -0.39 is 11.7 Å². The van der Waals surface area contributed by atoms with Crippen LogP contribution in [0, 0.1) is 5.82 Å². The molecule has 0 aliphatic carbocycles. The van der Waals surface area contributed by atoms with E-state index in [0.717, 1.165) is 0 Å². The number of primary amides is 1. The van der Waals surface area contributed by atoms with E-state index in [1.807, 2.05) is 0 Å². The van der Waals surface area contributed by atoms with E-state index in [9.17, 15) is 9.18 Å². The maximum absolute atomic E-state index is 13.1. The number of halogens is 2. The van der Waals surface area contributed by atoms with Gasteiger partial charge in [-0.25, -0.2) is 4.39 Å². The lowest BCUT2D eigenvalue weighted by Crippen LogP contribution is -2.35. The first-order valence-electron chi connectivity index (χ1n) is 6.01. The fourth-order valence-corrected chi connectivity index (χ4v) is 2.10. The summed E-state index contributed by atoms with van der Waals surface area (Å²) in [5.41, 5.74) is 12.6. The fourth-order valence-electron chi connectivity index (χ4n) is 1.93. The van der Waals surface area contributed by atoms with Crippen molar-refractivity contribution in [3.8, 4) is 0 Å². The van der Waals surface area contributed by atoms with E-state index >= 15 is 0 Å². The average molecular weight is 297 g/mol. The molecule has 5 N–H and O–H groups in total. The zero-order valence-electron chi connectivity index (χ0n) is 10.6. The minimum Gasteiger partial charge on any atom is -0.394 e. The second-order valence-corrected chi connectivity index (χ2v) is 4.75. The molecule has 0 bridgehead atoms. The van der Waals surface area contributed by atoms with E-state index in [-0.39, 0.29) is 10.7 Å². The summed E-state index contributed by atoms with van der Waals surface area (Å²) in [5.74, 6) is -1.18. The van der Waals surface area contributed by atoms with Crippen LogP contribution in [0.5, 0.6) is 0 Å². The Balaban J connectivity index is 2.41. The number of benzene rings is 1. The van der Waals surface area contributed by atoms with Crippen LogP contribution in [-0.2, 0) is 4.79 Å². The molecular weight excluding hydrogens is 283 g/mol. The van der Waals surface area contributed by atoms with Crippen molar-refractivity contribution < 1.29 is 9.18 Å². The second-order valence-electron chi connectivity index (χ2n) is 4.34. The summed E-state index contributed by atoms with van der Waals surface area (Å²) in [4.78, 5) is 15.6. The van der Waals surface area contributed by atoms with Gasteiger partial charge in [0.05, 0.1) is 16.4 Å². The molecule has 7 heteroatoms. The monoisotopic (exact) mass is 296 g/mol. The first-order valence-corrected chi connectivity index (χ1v) is 6.39. The van der Waals surface area contributed by atoms with E-state index in [1.165, 1.54) is 18.2 Å². The van der Waals surface area contributed by atoms with Gasteiger partial charge in [-0.2, -0.15) is 0 Å².